The maximum atomic E-state index is 13.1. The largest absolute Gasteiger partial charge is 0.506 e. The number of hydrogen-bond donors (Lipinski definition) is 2. The second-order valence-electron chi connectivity index (χ2n) is 3.91. The Bertz CT molecular complexity index is 757. The summed E-state index contributed by atoms with van der Waals surface area (Å²) in [4.78, 5) is 0. The molecule has 0 unspecified atom stereocenters. The van der Waals surface area contributed by atoms with E-state index in [9.17, 15) is 17.9 Å². The highest BCUT2D eigenvalue weighted by Crippen LogP contribution is 2.34. The Labute approximate surface area is 132 Å². The third-order valence-corrected chi connectivity index (χ3v) is 6.65. The van der Waals surface area contributed by atoms with Crippen molar-refractivity contribution in [3.63, 3.8) is 0 Å². The summed E-state index contributed by atoms with van der Waals surface area (Å²) >= 11 is 9.83. The van der Waals surface area contributed by atoms with Gasteiger partial charge in [0.25, 0.3) is 10.0 Å². The zero-order chi connectivity index (χ0) is 15.1. The van der Waals surface area contributed by atoms with Crippen molar-refractivity contribution < 1.29 is 17.9 Å². The third-order valence-electron chi connectivity index (χ3n) is 2.38. The number of halogens is 3. The highest BCUT2D eigenvalue weighted by Gasteiger charge is 2.20. The molecule has 108 valence electrons. The van der Waals surface area contributed by atoms with Crippen LogP contribution in [0.15, 0.2) is 26.2 Å². The van der Waals surface area contributed by atoms with Gasteiger partial charge in [0.2, 0.25) is 0 Å². The first kappa shape index (κ1) is 15.6. The molecule has 0 atom stereocenters. The molecular weight excluding hydrogens is 393 g/mol. The minimum absolute atomic E-state index is 0.0710. The Morgan fingerprint density at radius 1 is 1.40 bits per heavy atom. The molecule has 0 spiro atoms. The molecule has 0 radical (unpaired) electrons. The molecule has 0 saturated heterocycles. The first-order chi connectivity index (χ1) is 9.20. The highest BCUT2D eigenvalue weighted by atomic mass is 79.9. The smallest absolute Gasteiger partial charge is 0.271 e. The fourth-order valence-electron chi connectivity index (χ4n) is 1.38. The van der Waals surface area contributed by atoms with Crippen LogP contribution in [-0.4, -0.2) is 13.5 Å². The molecular formula is C11H8BrClFNO3S2. The molecule has 1 aromatic carbocycles. The lowest BCUT2D eigenvalue weighted by Crippen LogP contribution is -2.11. The maximum absolute atomic E-state index is 13.1. The molecule has 0 amide bonds. The van der Waals surface area contributed by atoms with Crippen LogP contribution in [0.3, 0.4) is 0 Å². The molecule has 0 aliphatic rings. The fourth-order valence-corrected chi connectivity index (χ4v) is 4.83. The van der Waals surface area contributed by atoms with Crippen LogP contribution in [0, 0.1) is 12.7 Å². The van der Waals surface area contributed by atoms with Crippen molar-refractivity contribution in [1.82, 2.24) is 0 Å². The molecule has 0 aliphatic carbocycles. The quantitative estimate of drug-likeness (QED) is 0.762. The number of sulfonamides is 1. The second kappa shape index (κ2) is 5.51. The minimum Gasteiger partial charge on any atom is -0.506 e. The lowest BCUT2D eigenvalue weighted by Gasteiger charge is -2.09. The molecule has 0 aliphatic heterocycles. The summed E-state index contributed by atoms with van der Waals surface area (Å²) < 4.78 is 40.3. The van der Waals surface area contributed by atoms with Crippen LogP contribution in [0.2, 0.25) is 5.02 Å². The Hall–Kier alpha value is -0.830. The van der Waals surface area contributed by atoms with E-state index in [0.29, 0.717) is 3.79 Å². The average molecular weight is 401 g/mol. The Morgan fingerprint density at radius 2 is 2.05 bits per heavy atom. The molecule has 0 saturated carbocycles. The van der Waals surface area contributed by atoms with E-state index < -0.39 is 21.6 Å². The van der Waals surface area contributed by atoms with Gasteiger partial charge in [0.05, 0.1) is 14.5 Å². The third kappa shape index (κ3) is 3.08. The van der Waals surface area contributed by atoms with Gasteiger partial charge >= 0.3 is 0 Å². The molecule has 4 nitrogen and oxygen atoms in total. The fraction of sp³-hybridized carbons (Fsp3) is 0.0909. The minimum atomic E-state index is -3.87. The lowest BCUT2D eigenvalue weighted by atomic mass is 10.3. The number of nitrogens with one attached hydrogen (secondary N) is 1. The number of rotatable bonds is 3. The van der Waals surface area contributed by atoms with Crippen molar-refractivity contribution in [2.45, 2.75) is 11.1 Å². The number of thiophene rings is 1. The van der Waals surface area contributed by atoms with Gasteiger partial charge in [0.15, 0.2) is 0 Å². The van der Waals surface area contributed by atoms with Gasteiger partial charge in [0, 0.05) is 6.07 Å². The highest BCUT2D eigenvalue weighted by molar-refractivity contribution is 9.11. The molecule has 0 bridgehead atoms. The summed E-state index contributed by atoms with van der Waals surface area (Å²) in [5.74, 6) is -1.37. The Balaban J connectivity index is 2.40. The van der Waals surface area contributed by atoms with Gasteiger partial charge in [-0.3, -0.25) is 4.72 Å². The maximum Gasteiger partial charge on any atom is 0.271 e. The van der Waals surface area contributed by atoms with Crippen LogP contribution in [0.5, 0.6) is 5.75 Å². The molecule has 1 heterocycles. The van der Waals surface area contributed by atoms with E-state index in [2.05, 4.69) is 20.7 Å². The number of phenols is 1. The van der Waals surface area contributed by atoms with Crippen molar-refractivity contribution in [2.75, 3.05) is 4.72 Å². The molecule has 0 fully saturated rings. The number of aromatic hydroxyl groups is 1. The van der Waals surface area contributed by atoms with Crippen molar-refractivity contribution in [3.05, 3.63) is 38.4 Å². The predicted octanol–water partition coefficient (Wildman–Crippen LogP) is 4.12. The van der Waals surface area contributed by atoms with Gasteiger partial charge in [-0.2, -0.15) is 0 Å². The number of phenolic OH excluding ortho intramolecular Hbond substituents is 1. The zero-order valence-electron chi connectivity index (χ0n) is 9.95. The van der Waals surface area contributed by atoms with Gasteiger partial charge in [0.1, 0.15) is 15.8 Å². The number of benzene rings is 1. The zero-order valence-corrected chi connectivity index (χ0v) is 13.9. The van der Waals surface area contributed by atoms with Crippen LogP contribution in [0.25, 0.3) is 0 Å². The van der Waals surface area contributed by atoms with Gasteiger partial charge in [-0.15, -0.1) is 11.3 Å². The summed E-state index contributed by atoms with van der Waals surface area (Å²) in [6.45, 7) is 1.76. The van der Waals surface area contributed by atoms with E-state index in [4.69, 9.17) is 11.6 Å². The first-order valence-corrected chi connectivity index (χ1v) is 8.64. The Morgan fingerprint density at radius 3 is 2.60 bits per heavy atom. The van der Waals surface area contributed by atoms with Crippen LogP contribution >= 0.6 is 38.9 Å². The van der Waals surface area contributed by atoms with Crippen LogP contribution in [0.1, 0.15) is 5.56 Å². The summed E-state index contributed by atoms with van der Waals surface area (Å²) in [6, 6.07) is 3.24. The Kier molecular flexibility index (Phi) is 4.29. The summed E-state index contributed by atoms with van der Waals surface area (Å²) in [7, 11) is -3.87. The molecule has 20 heavy (non-hydrogen) atoms. The predicted molar refractivity (Wildman–Crippen MR) is 80.6 cm³/mol. The van der Waals surface area contributed by atoms with E-state index >= 15 is 0 Å². The number of aryl methyl sites for hydroxylation is 1. The topological polar surface area (TPSA) is 66.4 Å². The standard InChI is InChI=1S/C11H8BrClFNO3S2/c1-5-2-10(19-11(5)12)20(17,18)15-8-3-6(13)7(14)4-9(8)16/h2-4,15-16H,1H3. The van der Waals surface area contributed by atoms with E-state index in [-0.39, 0.29) is 14.9 Å². The summed E-state index contributed by atoms with van der Waals surface area (Å²) in [5, 5.41) is 9.27. The van der Waals surface area contributed by atoms with Crippen molar-refractivity contribution in [1.29, 1.82) is 0 Å². The SMILES string of the molecule is Cc1cc(S(=O)(=O)Nc2cc(Cl)c(F)cc2O)sc1Br. The van der Waals surface area contributed by atoms with Gasteiger partial charge < -0.3 is 5.11 Å². The normalized spacial score (nSPS) is 11.6. The van der Waals surface area contributed by atoms with Crippen LogP contribution in [0.4, 0.5) is 10.1 Å². The molecule has 2 rings (SSSR count). The van der Waals surface area contributed by atoms with E-state index in [1.54, 1.807) is 6.92 Å². The lowest BCUT2D eigenvalue weighted by molar-refractivity contribution is 0.471. The van der Waals surface area contributed by atoms with Crippen LogP contribution in [-0.2, 0) is 10.0 Å². The number of hydrogen-bond acceptors (Lipinski definition) is 4. The second-order valence-corrected chi connectivity index (χ2v) is 8.60. The van der Waals surface area contributed by atoms with Crippen LogP contribution < -0.4 is 4.72 Å². The van der Waals surface area contributed by atoms with Gasteiger partial charge in [-0.05, 0) is 40.5 Å². The van der Waals surface area contributed by atoms with Crippen molar-refractivity contribution >= 4 is 54.6 Å². The van der Waals surface area contributed by atoms with Gasteiger partial charge in [-0.1, -0.05) is 11.6 Å². The summed E-state index contributed by atoms with van der Waals surface area (Å²) in [6.07, 6.45) is 0. The molecule has 2 N–H and O–H groups in total. The molecule has 2 aromatic rings. The van der Waals surface area contributed by atoms with E-state index in [0.717, 1.165) is 29.0 Å². The molecule has 9 heteroatoms. The van der Waals surface area contributed by atoms with Crippen molar-refractivity contribution in [2.24, 2.45) is 0 Å². The monoisotopic (exact) mass is 399 g/mol. The van der Waals surface area contributed by atoms with Crippen molar-refractivity contribution in [3.8, 4) is 5.75 Å². The number of anilines is 1. The molecule has 1 aromatic heterocycles. The van der Waals surface area contributed by atoms with E-state index in [1.807, 2.05) is 0 Å². The average Bonchev–Trinajstić information content (AvgIpc) is 2.67. The summed E-state index contributed by atoms with van der Waals surface area (Å²) in [5.41, 5.74) is 0.593. The van der Waals surface area contributed by atoms with Gasteiger partial charge in [-0.25, -0.2) is 12.8 Å². The van der Waals surface area contributed by atoms with E-state index in [1.165, 1.54) is 6.07 Å². The first-order valence-electron chi connectivity index (χ1n) is 5.17.